The van der Waals surface area contributed by atoms with Gasteiger partial charge < -0.3 is 0 Å². The summed E-state index contributed by atoms with van der Waals surface area (Å²) >= 11 is 0. The summed E-state index contributed by atoms with van der Waals surface area (Å²) in [5, 5.41) is 10.4. The third-order valence-electron chi connectivity index (χ3n) is 1.69. The molecule has 0 aliphatic rings. The van der Waals surface area contributed by atoms with Gasteiger partial charge in [-0.05, 0) is 12.1 Å². The van der Waals surface area contributed by atoms with Crippen molar-refractivity contribution in [2.24, 2.45) is 0 Å². The lowest BCUT2D eigenvalue weighted by atomic mass is 10.2. The molecule has 0 N–H and O–H groups in total. The van der Waals surface area contributed by atoms with Crippen molar-refractivity contribution in [1.29, 1.82) is 0 Å². The average Bonchev–Trinajstić information content (AvgIpc) is 2.14. The number of aldehydes is 1. The second-order valence-corrected chi connectivity index (χ2v) is 5.15. The second kappa shape index (κ2) is 4.14. The number of halogens is 2. The molecule has 0 unspecified atom stereocenters. The fourth-order valence-electron chi connectivity index (χ4n) is 1.07. The zero-order valence-corrected chi connectivity index (χ0v) is 8.96. The Labute approximate surface area is 93.2 Å². The van der Waals surface area contributed by atoms with Crippen LogP contribution in [0.25, 0.3) is 0 Å². The molecule has 0 saturated heterocycles. The molecule has 0 fully saturated rings. The predicted octanol–water partition coefficient (Wildman–Crippen LogP) is 1.47. The van der Waals surface area contributed by atoms with Crippen LogP contribution in [0.4, 0.5) is 10.1 Å². The number of carbonyl (C=O) groups is 1. The quantitative estimate of drug-likeness (QED) is 0.358. The van der Waals surface area contributed by atoms with E-state index in [1.807, 2.05) is 0 Å². The standard InChI is InChI=1S/C7H3ClFNO5S/c8-16(14,15)6-2-1-5(9)7(10(12)13)4(6)3-11/h1-3H. The number of benzene rings is 1. The van der Waals surface area contributed by atoms with Crippen molar-refractivity contribution in [3.05, 3.63) is 33.6 Å². The fraction of sp³-hybridized carbons (Fsp3) is 0. The van der Waals surface area contributed by atoms with Crippen molar-refractivity contribution in [2.45, 2.75) is 4.90 Å². The van der Waals surface area contributed by atoms with E-state index in [1.165, 1.54) is 0 Å². The lowest BCUT2D eigenvalue weighted by Gasteiger charge is -2.02. The van der Waals surface area contributed by atoms with Crippen LogP contribution in [-0.2, 0) is 9.05 Å². The molecule has 1 rings (SSSR count). The molecule has 0 aromatic heterocycles. The van der Waals surface area contributed by atoms with Gasteiger partial charge in [0.05, 0.1) is 4.92 Å². The number of rotatable bonds is 3. The minimum absolute atomic E-state index is 0.128. The Kier molecular flexibility index (Phi) is 3.24. The molecule has 9 heteroatoms. The van der Waals surface area contributed by atoms with Gasteiger partial charge in [0.15, 0.2) is 6.29 Å². The first kappa shape index (κ1) is 12.5. The minimum atomic E-state index is -4.35. The molecule has 0 radical (unpaired) electrons. The lowest BCUT2D eigenvalue weighted by molar-refractivity contribution is -0.387. The molecule has 1 aromatic rings. The molecule has 1 aromatic carbocycles. The monoisotopic (exact) mass is 267 g/mol. The molecule has 0 atom stereocenters. The van der Waals surface area contributed by atoms with Crippen LogP contribution in [0.15, 0.2) is 17.0 Å². The summed E-state index contributed by atoms with van der Waals surface area (Å²) in [6, 6.07) is 1.24. The van der Waals surface area contributed by atoms with Crippen LogP contribution in [0.1, 0.15) is 10.4 Å². The maximum absolute atomic E-state index is 13.0. The third-order valence-corrected chi connectivity index (χ3v) is 3.07. The Morgan fingerprint density at radius 1 is 1.44 bits per heavy atom. The highest BCUT2D eigenvalue weighted by Crippen LogP contribution is 2.29. The van der Waals surface area contributed by atoms with Gasteiger partial charge in [-0.15, -0.1) is 0 Å². The SMILES string of the molecule is O=Cc1c(S(=O)(=O)Cl)ccc(F)c1[N+](=O)[O-]. The molecule has 6 nitrogen and oxygen atoms in total. The first-order valence-corrected chi connectivity index (χ1v) is 5.96. The van der Waals surface area contributed by atoms with Gasteiger partial charge in [0, 0.05) is 10.7 Å². The number of hydrogen-bond acceptors (Lipinski definition) is 5. The summed E-state index contributed by atoms with van der Waals surface area (Å²) < 4.78 is 34.9. The number of nitro groups is 1. The van der Waals surface area contributed by atoms with E-state index in [0.29, 0.717) is 12.1 Å². The van der Waals surface area contributed by atoms with E-state index in [-0.39, 0.29) is 6.29 Å². The van der Waals surface area contributed by atoms with E-state index in [9.17, 15) is 27.7 Å². The van der Waals surface area contributed by atoms with Crippen LogP contribution in [0, 0.1) is 15.9 Å². The van der Waals surface area contributed by atoms with Gasteiger partial charge in [0.2, 0.25) is 5.82 Å². The topological polar surface area (TPSA) is 94.3 Å². The number of nitro benzene ring substituents is 1. The van der Waals surface area contributed by atoms with Crippen LogP contribution in [0.5, 0.6) is 0 Å². The molecule has 0 aliphatic carbocycles. The molecular formula is C7H3ClFNO5S. The van der Waals surface area contributed by atoms with E-state index >= 15 is 0 Å². The van der Waals surface area contributed by atoms with E-state index in [4.69, 9.17) is 10.7 Å². The van der Waals surface area contributed by atoms with Crippen LogP contribution >= 0.6 is 10.7 Å². The van der Waals surface area contributed by atoms with Gasteiger partial charge in [-0.3, -0.25) is 14.9 Å². The largest absolute Gasteiger partial charge is 0.316 e. The molecule has 0 bridgehead atoms. The summed E-state index contributed by atoms with van der Waals surface area (Å²) in [5.41, 5.74) is -2.11. The van der Waals surface area contributed by atoms with Gasteiger partial charge in [-0.1, -0.05) is 0 Å². The highest BCUT2D eigenvalue weighted by molar-refractivity contribution is 8.13. The van der Waals surface area contributed by atoms with Gasteiger partial charge in [0.1, 0.15) is 10.5 Å². The van der Waals surface area contributed by atoms with Crippen molar-refractivity contribution in [1.82, 2.24) is 0 Å². The van der Waals surface area contributed by atoms with Crippen LogP contribution in [0.3, 0.4) is 0 Å². The highest BCUT2D eigenvalue weighted by Gasteiger charge is 2.28. The predicted molar refractivity (Wildman–Crippen MR) is 51.5 cm³/mol. The van der Waals surface area contributed by atoms with Gasteiger partial charge in [0.25, 0.3) is 9.05 Å². The van der Waals surface area contributed by atoms with Crippen molar-refractivity contribution < 1.29 is 22.5 Å². The minimum Gasteiger partial charge on any atom is -0.298 e. The number of hydrogen-bond donors (Lipinski definition) is 0. The van der Waals surface area contributed by atoms with E-state index in [2.05, 4.69) is 0 Å². The molecule has 0 amide bonds. The van der Waals surface area contributed by atoms with Crippen molar-refractivity contribution in [3.8, 4) is 0 Å². The summed E-state index contributed by atoms with van der Waals surface area (Å²) in [7, 11) is 0.591. The Hall–Kier alpha value is -1.54. The van der Waals surface area contributed by atoms with Crippen molar-refractivity contribution in [2.75, 3.05) is 0 Å². The van der Waals surface area contributed by atoms with Gasteiger partial charge in [-0.2, -0.15) is 4.39 Å². The average molecular weight is 268 g/mol. The Bertz CT molecular complexity index is 570. The second-order valence-electron chi connectivity index (χ2n) is 2.62. The summed E-state index contributed by atoms with van der Waals surface area (Å²) in [6.07, 6.45) is -0.128. The molecule has 0 spiro atoms. The zero-order chi connectivity index (χ0) is 12.5. The maximum Gasteiger partial charge on any atom is 0.316 e. The normalized spacial score (nSPS) is 11.1. The zero-order valence-electron chi connectivity index (χ0n) is 7.38. The van der Waals surface area contributed by atoms with Crippen LogP contribution in [0.2, 0.25) is 0 Å². The molecular weight excluding hydrogens is 265 g/mol. The Balaban J connectivity index is 3.76. The highest BCUT2D eigenvalue weighted by atomic mass is 35.7. The van der Waals surface area contributed by atoms with Gasteiger partial charge in [-0.25, -0.2) is 8.42 Å². The first-order chi connectivity index (χ1) is 7.29. The Morgan fingerprint density at radius 2 is 2.00 bits per heavy atom. The van der Waals surface area contributed by atoms with Crippen LogP contribution in [-0.4, -0.2) is 19.6 Å². The molecule has 0 saturated carbocycles. The van der Waals surface area contributed by atoms with E-state index < -0.39 is 35.9 Å². The molecule has 86 valence electrons. The van der Waals surface area contributed by atoms with E-state index in [1.54, 1.807) is 0 Å². The first-order valence-electron chi connectivity index (χ1n) is 3.65. The van der Waals surface area contributed by atoms with Crippen molar-refractivity contribution >= 4 is 31.7 Å². The van der Waals surface area contributed by atoms with E-state index in [0.717, 1.165) is 0 Å². The lowest BCUT2D eigenvalue weighted by Crippen LogP contribution is -2.04. The summed E-state index contributed by atoms with van der Waals surface area (Å²) in [6.45, 7) is 0. The number of carbonyl (C=O) groups excluding carboxylic acids is 1. The van der Waals surface area contributed by atoms with Crippen LogP contribution < -0.4 is 0 Å². The van der Waals surface area contributed by atoms with Crippen molar-refractivity contribution in [3.63, 3.8) is 0 Å². The Morgan fingerprint density at radius 3 is 2.38 bits per heavy atom. The number of nitrogens with zero attached hydrogens (tertiary/aromatic N) is 1. The smallest absolute Gasteiger partial charge is 0.298 e. The summed E-state index contributed by atoms with van der Waals surface area (Å²) in [4.78, 5) is 19.0. The van der Waals surface area contributed by atoms with Gasteiger partial charge >= 0.3 is 5.69 Å². The summed E-state index contributed by atoms with van der Waals surface area (Å²) in [5.74, 6) is -1.31. The maximum atomic E-state index is 13.0. The molecule has 16 heavy (non-hydrogen) atoms. The fourth-order valence-corrected chi connectivity index (χ4v) is 2.12. The molecule has 0 aliphatic heterocycles. The third kappa shape index (κ3) is 2.17. The molecule has 0 heterocycles.